The van der Waals surface area contributed by atoms with Gasteiger partial charge in [-0.2, -0.15) is 0 Å². The van der Waals surface area contributed by atoms with Crippen LogP contribution in [-0.2, 0) is 0 Å². The van der Waals surface area contributed by atoms with E-state index in [9.17, 15) is 0 Å². The molecule has 2 heterocycles. The van der Waals surface area contributed by atoms with Crippen molar-refractivity contribution in [2.45, 2.75) is 11.8 Å². The van der Waals surface area contributed by atoms with Gasteiger partial charge in [-0.05, 0) is 113 Å². The fourth-order valence-corrected chi connectivity index (χ4v) is 11.8. The van der Waals surface area contributed by atoms with Gasteiger partial charge < -0.3 is 0 Å². The lowest BCUT2D eigenvalue weighted by atomic mass is 9.60. The first kappa shape index (κ1) is 40.5. The van der Waals surface area contributed by atoms with E-state index < -0.39 is 0 Å². The van der Waals surface area contributed by atoms with Gasteiger partial charge in [-0.15, -0.1) is 0 Å². The highest BCUT2D eigenvalue weighted by atomic mass is 14.9. The number of hydrogen-bond acceptors (Lipinski definition) is 4. The molecule has 0 N–H and O–H groups in total. The Hall–Kier alpha value is -9.38. The predicted octanol–water partition coefficient (Wildman–Crippen LogP) is 16.9. The first-order chi connectivity index (χ1) is 35.6. The van der Waals surface area contributed by atoms with Crippen LogP contribution in [-0.4, -0.2) is 19.9 Å². The third kappa shape index (κ3) is 6.53. The van der Waals surface area contributed by atoms with Crippen molar-refractivity contribution < 1.29 is 0 Å². The smallest absolute Gasteiger partial charge is 0.160 e. The lowest BCUT2D eigenvalue weighted by molar-refractivity contribution is 0.755. The van der Waals surface area contributed by atoms with Gasteiger partial charge in [0.25, 0.3) is 0 Å². The molecular formula is C68H42N4. The van der Waals surface area contributed by atoms with E-state index >= 15 is 0 Å². The summed E-state index contributed by atoms with van der Waals surface area (Å²) in [4.78, 5) is 21.1. The van der Waals surface area contributed by atoms with Crippen molar-refractivity contribution in [2.75, 3.05) is 0 Å². The molecule has 334 valence electrons. The molecule has 3 aliphatic carbocycles. The van der Waals surface area contributed by atoms with Gasteiger partial charge in [0.1, 0.15) is 0 Å². The first-order valence-corrected chi connectivity index (χ1v) is 24.8. The molecule has 2 bridgehead atoms. The lowest BCUT2D eigenvalue weighted by Gasteiger charge is -2.42. The molecule has 16 rings (SSSR count). The van der Waals surface area contributed by atoms with Gasteiger partial charge in [0.15, 0.2) is 11.6 Å². The molecule has 4 nitrogen and oxygen atoms in total. The maximum Gasteiger partial charge on any atom is 0.160 e. The topological polar surface area (TPSA) is 51.6 Å². The largest absolute Gasteiger partial charge is 0.228 e. The standard InChI is InChI=1S/C68H42N4/c1-3-15-43(16-4-1)67-69-61(47-27-31-53-45(35-47)25-23-41-13-7-9-19-51(41)53)39-63(71-67)49-29-33-57-59(37-49)65-55-21-11-12-22-56(55)66(57)60-38-50(30-34-58(60)65)64-40-62(70-68(72-64)44-17-5-2-6-18-44)48-28-32-54-46(36-48)26-24-42-14-8-10-20-52(42)54/h1-40,65-66H. The van der Waals surface area contributed by atoms with Crippen molar-refractivity contribution in [1.29, 1.82) is 0 Å². The van der Waals surface area contributed by atoms with Gasteiger partial charge in [-0.1, -0.05) is 206 Å². The number of rotatable bonds is 6. The average Bonchev–Trinajstić information content (AvgIpc) is 3.46. The van der Waals surface area contributed by atoms with E-state index in [1.807, 2.05) is 12.1 Å². The Morgan fingerprint density at radius 3 is 0.986 bits per heavy atom. The zero-order valence-electron chi connectivity index (χ0n) is 39.0. The van der Waals surface area contributed by atoms with E-state index in [2.05, 4.69) is 231 Å². The molecule has 2 aromatic heterocycles. The number of benzene rings is 11. The van der Waals surface area contributed by atoms with Crippen molar-refractivity contribution in [3.63, 3.8) is 0 Å². The van der Waals surface area contributed by atoms with E-state index in [1.54, 1.807) is 0 Å². The molecule has 3 aliphatic rings. The number of aromatic nitrogens is 4. The third-order valence-corrected chi connectivity index (χ3v) is 15.2. The summed E-state index contributed by atoms with van der Waals surface area (Å²) in [5.74, 6) is 1.54. The zero-order chi connectivity index (χ0) is 47.3. The summed E-state index contributed by atoms with van der Waals surface area (Å²) >= 11 is 0. The first-order valence-electron chi connectivity index (χ1n) is 24.8. The van der Waals surface area contributed by atoms with Gasteiger partial charge in [-0.25, -0.2) is 19.9 Å². The Morgan fingerprint density at radius 2 is 0.542 bits per heavy atom. The van der Waals surface area contributed by atoms with Crippen LogP contribution in [0.3, 0.4) is 0 Å². The fraction of sp³-hybridized carbons (Fsp3) is 0.0294. The molecular weight excluding hydrogens is 873 g/mol. The molecule has 13 aromatic rings. The molecule has 11 aromatic carbocycles. The maximum absolute atomic E-state index is 5.31. The van der Waals surface area contributed by atoms with Crippen molar-refractivity contribution in [2.24, 2.45) is 0 Å². The molecule has 2 unspecified atom stereocenters. The molecule has 72 heavy (non-hydrogen) atoms. The van der Waals surface area contributed by atoms with E-state index in [0.717, 1.165) is 56.2 Å². The molecule has 0 amide bonds. The predicted molar refractivity (Wildman–Crippen MR) is 295 cm³/mol. The Balaban J connectivity index is 0.846. The van der Waals surface area contributed by atoms with Crippen LogP contribution < -0.4 is 0 Å². The summed E-state index contributed by atoms with van der Waals surface area (Å²) < 4.78 is 0. The van der Waals surface area contributed by atoms with Crippen LogP contribution in [0, 0.1) is 0 Å². The minimum atomic E-state index is 0.0601. The second kappa shape index (κ2) is 16.1. The zero-order valence-corrected chi connectivity index (χ0v) is 39.0. The van der Waals surface area contributed by atoms with Gasteiger partial charge >= 0.3 is 0 Å². The van der Waals surface area contributed by atoms with Crippen LogP contribution in [0.2, 0.25) is 0 Å². The van der Waals surface area contributed by atoms with Crippen molar-refractivity contribution in [1.82, 2.24) is 19.9 Å². The quantitative estimate of drug-likeness (QED) is 0.156. The monoisotopic (exact) mass is 914 g/mol. The second-order valence-corrected chi connectivity index (χ2v) is 19.3. The van der Waals surface area contributed by atoms with Gasteiger partial charge in [0.05, 0.1) is 22.8 Å². The van der Waals surface area contributed by atoms with Crippen LogP contribution in [0.15, 0.2) is 243 Å². The highest BCUT2D eigenvalue weighted by Crippen LogP contribution is 2.57. The highest BCUT2D eigenvalue weighted by Gasteiger charge is 2.41. The van der Waals surface area contributed by atoms with Gasteiger partial charge in [0, 0.05) is 45.2 Å². The van der Waals surface area contributed by atoms with Crippen LogP contribution in [0.1, 0.15) is 45.2 Å². The number of nitrogens with zero attached hydrogens (tertiary/aromatic N) is 4. The molecule has 4 heteroatoms. The van der Waals surface area contributed by atoms with Crippen molar-refractivity contribution in [3.8, 4) is 67.8 Å². The minimum absolute atomic E-state index is 0.0601. The molecule has 0 fully saturated rings. The SMILES string of the molecule is c1ccc(-c2nc(-c3ccc4c(c3)C3c5ccccc5C4c4cc(-c5cc(-c6ccc7c(ccc8ccccc87)c6)nc(-c6ccccc6)n5)ccc43)cc(-c3ccc4c(ccc5ccccc54)c3)n2)cc1. The van der Waals surface area contributed by atoms with Crippen molar-refractivity contribution >= 4 is 43.1 Å². The van der Waals surface area contributed by atoms with E-state index in [0.29, 0.717) is 11.6 Å². The highest BCUT2D eigenvalue weighted by molar-refractivity contribution is 6.09. The van der Waals surface area contributed by atoms with Crippen LogP contribution in [0.5, 0.6) is 0 Å². The van der Waals surface area contributed by atoms with Crippen LogP contribution >= 0.6 is 0 Å². The second-order valence-electron chi connectivity index (χ2n) is 19.3. The lowest BCUT2D eigenvalue weighted by Crippen LogP contribution is -2.27. The summed E-state index contributed by atoms with van der Waals surface area (Å²) in [5, 5.41) is 9.84. The number of fused-ring (bicyclic) bond motifs is 6. The Bertz CT molecular complexity index is 4070. The Labute approximate surface area is 416 Å². The summed E-state index contributed by atoms with van der Waals surface area (Å²) in [6, 6.07) is 87.6. The number of hydrogen-bond donors (Lipinski definition) is 0. The van der Waals surface area contributed by atoms with E-state index in [1.165, 1.54) is 76.5 Å². The molecule has 0 aliphatic heterocycles. The third-order valence-electron chi connectivity index (χ3n) is 15.2. The minimum Gasteiger partial charge on any atom is -0.228 e. The summed E-state index contributed by atoms with van der Waals surface area (Å²) in [7, 11) is 0. The van der Waals surface area contributed by atoms with Crippen LogP contribution in [0.25, 0.3) is 111 Å². The normalized spacial score (nSPS) is 14.4. The molecule has 0 saturated heterocycles. The molecule has 0 saturated carbocycles. The van der Waals surface area contributed by atoms with Gasteiger partial charge in [-0.3, -0.25) is 0 Å². The average molecular weight is 915 g/mol. The maximum atomic E-state index is 5.31. The fourth-order valence-electron chi connectivity index (χ4n) is 11.8. The summed E-state index contributed by atoms with van der Waals surface area (Å²) in [5.41, 5.74) is 17.9. The van der Waals surface area contributed by atoms with Crippen molar-refractivity contribution in [3.05, 3.63) is 276 Å². The molecule has 0 spiro atoms. The summed E-state index contributed by atoms with van der Waals surface area (Å²) in [6.45, 7) is 0. The van der Waals surface area contributed by atoms with Crippen LogP contribution in [0.4, 0.5) is 0 Å². The Morgan fingerprint density at radius 1 is 0.208 bits per heavy atom. The Kier molecular flexibility index (Phi) is 9.05. The van der Waals surface area contributed by atoms with Gasteiger partial charge in [0.2, 0.25) is 0 Å². The van der Waals surface area contributed by atoms with E-state index in [-0.39, 0.29) is 11.8 Å². The molecule has 0 radical (unpaired) electrons. The van der Waals surface area contributed by atoms with E-state index in [4.69, 9.17) is 19.9 Å². The molecule has 2 atom stereocenters. The summed E-state index contributed by atoms with van der Waals surface area (Å²) in [6.07, 6.45) is 0.